The number of aliphatic carboxylic acids is 1. The molecule has 0 aromatic rings. The van der Waals surface area contributed by atoms with Gasteiger partial charge < -0.3 is 10.2 Å². The highest BCUT2D eigenvalue weighted by Crippen LogP contribution is 2.23. The van der Waals surface area contributed by atoms with Crippen LogP contribution in [0.15, 0.2) is 11.1 Å². The molecule has 0 spiro atoms. The molecule has 0 aromatic carbocycles. The standard InChI is InChI=1S/C17H32O3/c1-3-5-7-9-11-15(12-10-8-6-4-2)16(13-14-18)17(19)20/h18H,3-14H2,1-2H3,(H,19,20). The number of aliphatic hydroxyl groups excluding tert-OH is 1. The SMILES string of the molecule is CCCCCCC(CCCCCC)=C(CCO)C(=O)O. The molecule has 0 rings (SSSR count). The van der Waals surface area contributed by atoms with Crippen molar-refractivity contribution in [2.45, 2.75) is 84.5 Å². The second-order valence-corrected chi connectivity index (χ2v) is 5.48. The molecule has 0 aliphatic carbocycles. The maximum Gasteiger partial charge on any atom is 0.331 e. The van der Waals surface area contributed by atoms with E-state index < -0.39 is 5.97 Å². The number of allylic oxidation sites excluding steroid dienone is 1. The quantitative estimate of drug-likeness (QED) is 0.381. The van der Waals surface area contributed by atoms with Crippen molar-refractivity contribution >= 4 is 5.97 Å². The molecule has 0 aromatic heterocycles. The molecule has 0 heterocycles. The molecule has 0 aliphatic heterocycles. The average Bonchev–Trinajstić information content (AvgIpc) is 2.43. The molecular weight excluding hydrogens is 252 g/mol. The maximum atomic E-state index is 11.3. The third kappa shape index (κ3) is 9.13. The largest absolute Gasteiger partial charge is 0.478 e. The number of hydrogen-bond donors (Lipinski definition) is 2. The van der Waals surface area contributed by atoms with Gasteiger partial charge in [0.05, 0.1) is 0 Å². The molecule has 0 atom stereocenters. The van der Waals surface area contributed by atoms with E-state index in [0.29, 0.717) is 5.57 Å². The lowest BCUT2D eigenvalue weighted by Gasteiger charge is -2.12. The summed E-state index contributed by atoms with van der Waals surface area (Å²) in [7, 11) is 0. The van der Waals surface area contributed by atoms with E-state index >= 15 is 0 Å². The van der Waals surface area contributed by atoms with Gasteiger partial charge in [0.15, 0.2) is 0 Å². The van der Waals surface area contributed by atoms with Crippen LogP contribution in [0.4, 0.5) is 0 Å². The first kappa shape index (κ1) is 19.2. The molecular formula is C17H32O3. The van der Waals surface area contributed by atoms with E-state index in [1.165, 1.54) is 38.5 Å². The molecule has 0 aliphatic rings. The van der Waals surface area contributed by atoms with Gasteiger partial charge in [-0.05, 0) is 25.7 Å². The zero-order valence-corrected chi connectivity index (χ0v) is 13.3. The number of rotatable bonds is 13. The third-order valence-electron chi connectivity index (χ3n) is 3.71. The lowest BCUT2D eigenvalue weighted by molar-refractivity contribution is -0.133. The third-order valence-corrected chi connectivity index (χ3v) is 3.71. The first-order valence-corrected chi connectivity index (χ1v) is 8.22. The van der Waals surface area contributed by atoms with Gasteiger partial charge in [0, 0.05) is 18.6 Å². The van der Waals surface area contributed by atoms with Crippen LogP contribution in [-0.2, 0) is 4.79 Å². The van der Waals surface area contributed by atoms with Gasteiger partial charge in [-0.25, -0.2) is 4.79 Å². The summed E-state index contributed by atoms with van der Waals surface area (Å²) in [5, 5.41) is 18.4. The molecule has 0 unspecified atom stereocenters. The van der Waals surface area contributed by atoms with Crippen LogP contribution < -0.4 is 0 Å². The number of aliphatic hydroxyl groups is 1. The van der Waals surface area contributed by atoms with E-state index in [-0.39, 0.29) is 13.0 Å². The van der Waals surface area contributed by atoms with Gasteiger partial charge >= 0.3 is 5.97 Å². The van der Waals surface area contributed by atoms with Crippen LogP contribution in [0.5, 0.6) is 0 Å². The van der Waals surface area contributed by atoms with Crippen LogP contribution in [0.3, 0.4) is 0 Å². The fourth-order valence-electron chi connectivity index (χ4n) is 2.50. The van der Waals surface area contributed by atoms with Gasteiger partial charge in [-0.1, -0.05) is 57.9 Å². The smallest absolute Gasteiger partial charge is 0.331 e. The van der Waals surface area contributed by atoms with Gasteiger partial charge in [-0.2, -0.15) is 0 Å². The highest BCUT2D eigenvalue weighted by Gasteiger charge is 2.13. The van der Waals surface area contributed by atoms with Gasteiger partial charge in [0.2, 0.25) is 0 Å². The van der Waals surface area contributed by atoms with E-state index in [1.807, 2.05) is 0 Å². The second kappa shape index (κ2) is 13.2. The van der Waals surface area contributed by atoms with Crippen molar-refractivity contribution in [3.8, 4) is 0 Å². The van der Waals surface area contributed by atoms with Crippen LogP contribution in [-0.4, -0.2) is 22.8 Å². The highest BCUT2D eigenvalue weighted by atomic mass is 16.4. The maximum absolute atomic E-state index is 11.3. The Bertz CT molecular complexity index is 268. The van der Waals surface area contributed by atoms with Gasteiger partial charge in [-0.3, -0.25) is 0 Å². The Labute approximate surface area is 124 Å². The van der Waals surface area contributed by atoms with Crippen molar-refractivity contribution in [1.29, 1.82) is 0 Å². The number of carbonyl (C=O) groups is 1. The number of carboxylic acid groups (broad SMARTS) is 1. The van der Waals surface area contributed by atoms with Crippen molar-refractivity contribution in [1.82, 2.24) is 0 Å². The summed E-state index contributed by atoms with van der Waals surface area (Å²) in [5.74, 6) is -0.847. The van der Waals surface area contributed by atoms with E-state index in [1.54, 1.807) is 0 Å². The Morgan fingerprint density at radius 3 is 1.65 bits per heavy atom. The molecule has 0 radical (unpaired) electrons. The Morgan fingerprint density at radius 2 is 1.30 bits per heavy atom. The van der Waals surface area contributed by atoms with Gasteiger partial charge in [0.25, 0.3) is 0 Å². The molecule has 0 saturated heterocycles. The van der Waals surface area contributed by atoms with E-state index in [4.69, 9.17) is 5.11 Å². The number of unbranched alkanes of at least 4 members (excludes halogenated alkanes) is 6. The predicted octanol–water partition coefficient (Wildman–Crippen LogP) is 4.69. The molecule has 2 N–H and O–H groups in total. The van der Waals surface area contributed by atoms with Crippen LogP contribution in [0.2, 0.25) is 0 Å². The summed E-state index contributed by atoms with van der Waals surface area (Å²) >= 11 is 0. The molecule has 118 valence electrons. The van der Waals surface area contributed by atoms with Crippen molar-refractivity contribution in [3.63, 3.8) is 0 Å². The Kier molecular flexibility index (Phi) is 12.6. The van der Waals surface area contributed by atoms with Crippen LogP contribution in [0.25, 0.3) is 0 Å². The minimum Gasteiger partial charge on any atom is -0.478 e. The molecule has 0 fully saturated rings. The minimum absolute atomic E-state index is 0.0744. The Morgan fingerprint density at radius 1 is 0.800 bits per heavy atom. The zero-order chi connectivity index (χ0) is 15.2. The average molecular weight is 284 g/mol. The van der Waals surface area contributed by atoms with E-state index in [9.17, 15) is 9.90 Å². The molecule has 0 saturated carbocycles. The topological polar surface area (TPSA) is 57.5 Å². The normalized spacial score (nSPS) is 10.6. The van der Waals surface area contributed by atoms with Gasteiger partial charge in [-0.15, -0.1) is 0 Å². The highest BCUT2D eigenvalue weighted by molar-refractivity contribution is 5.87. The van der Waals surface area contributed by atoms with Crippen molar-refractivity contribution in [2.75, 3.05) is 6.61 Å². The Hall–Kier alpha value is -0.830. The summed E-state index contributed by atoms with van der Waals surface area (Å²) in [6.07, 6.45) is 11.3. The fourth-order valence-corrected chi connectivity index (χ4v) is 2.50. The molecule has 0 bridgehead atoms. The second-order valence-electron chi connectivity index (χ2n) is 5.48. The lowest BCUT2D eigenvalue weighted by Crippen LogP contribution is -2.07. The first-order chi connectivity index (χ1) is 9.67. The molecule has 3 heteroatoms. The van der Waals surface area contributed by atoms with Crippen LogP contribution >= 0.6 is 0 Å². The lowest BCUT2D eigenvalue weighted by atomic mass is 9.94. The summed E-state index contributed by atoms with van der Waals surface area (Å²) in [4.78, 5) is 11.3. The van der Waals surface area contributed by atoms with Crippen molar-refractivity contribution in [2.24, 2.45) is 0 Å². The van der Waals surface area contributed by atoms with E-state index in [0.717, 1.165) is 31.3 Å². The summed E-state index contributed by atoms with van der Waals surface area (Å²) in [5.41, 5.74) is 1.53. The number of carboxylic acids is 1. The fraction of sp³-hybridized carbons (Fsp3) is 0.824. The molecule has 0 amide bonds. The summed E-state index contributed by atoms with van der Waals surface area (Å²) in [6.45, 7) is 4.28. The minimum atomic E-state index is -0.847. The Balaban J connectivity index is 4.55. The van der Waals surface area contributed by atoms with Crippen LogP contribution in [0.1, 0.15) is 84.5 Å². The van der Waals surface area contributed by atoms with Crippen molar-refractivity contribution in [3.05, 3.63) is 11.1 Å². The summed E-state index contributed by atoms with van der Waals surface area (Å²) < 4.78 is 0. The predicted molar refractivity (Wildman–Crippen MR) is 83.9 cm³/mol. The monoisotopic (exact) mass is 284 g/mol. The van der Waals surface area contributed by atoms with E-state index in [2.05, 4.69) is 13.8 Å². The number of hydrogen-bond acceptors (Lipinski definition) is 2. The summed E-state index contributed by atoms with van der Waals surface area (Å²) in [6, 6.07) is 0. The first-order valence-electron chi connectivity index (χ1n) is 8.22. The molecule has 3 nitrogen and oxygen atoms in total. The van der Waals surface area contributed by atoms with Gasteiger partial charge in [0.1, 0.15) is 0 Å². The van der Waals surface area contributed by atoms with Crippen molar-refractivity contribution < 1.29 is 15.0 Å². The molecule has 20 heavy (non-hydrogen) atoms. The zero-order valence-electron chi connectivity index (χ0n) is 13.3. The van der Waals surface area contributed by atoms with Crippen LogP contribution in [0, 0.1) is 0 Å².